The van der Waals surface area contributed by atoms with Crippen molar-refractivity contribution in [2.24, 2.45) is 0 Å². The highest BCUT2D eigenvalue weighted by atomic mass is 31.2. The van der Waals surface area contributed by atoms with E-state index in [4.69, 9.17) is 0 Å². The average molecular weight is 234 g/mol. The molecule has 0 aliphatic rings. The van der Waals surface area contributed by atoms with E-state index in [1.54, 1.807) is 0 Å². The first-order valence-corrected chi connectivity index (χ1v) is 6.65. The molecule has 0 aliphatic heterocycles. The molecule has 16 heavy (non-hydrogen) atoms. The van der Waals surface area contributed by atoms with Crippen molar-refractivity contribution in [1.29, 1.82) is 0 Å². The Morgan fingerprint density at radius 2 is 1.94 bits per heavy atom. The number of aromatic nitrogens is 2. The van der Waals surface area contributed by atoms with Gasteiger partial charge in [-0.3, -0.25) is 9.55 Å². The molecule has 1 N–H and O–H groups in total. The Hall–Kier alpha value is -1.51. The molecule has 0 amide bonds. The zero-order chi connectivity index (χ0) is 11.4. The van der Waals surface area contributed by atoms with Gasteiger partial charge in [0.15, 0.2) is 0 Å². The first-order valence-electron chi connectivity index (χ1n) is 4.81. The maximum absolute atomic E-state index is 12.0. The third kappa shape index (κ3) is 2.54. The fraction of sp³-hybridized carbons (Fsp3) is 0.0909. The van der Waals surface area contributed by atoms with Crippen LogP contribution in [0.1, 0.15) is 5.56 Å². The molecular formula is C11H11N2O2P. The van der Waals surface area contributed by atoms with Gasteiger partial charge in [-0.2, -0.15) is 0 Å². The molecule has 0 aliphatic carbocycles. The van der Waals surface area contributed by atoms with Gasteiger partial charge in [-0.25, -0.2) is 4.98 Å². The number of benzene rings is 1. The summed E-state index contributed by atoms with van der Waals surface area (Å²) < 4.78 is 12.0. The normalized spacial score (nSPS) is 14.3. The van der Waals surface area contributed by atoms with Crippen molar-refractivity contribution in [3.8, 4) is 0 Å². The average Bonchev–Trinajstić information content (AvgIpc) is 2.31. The van der Waals surface area contributed by atoms with E-state index in [0.717, 1.165) is 5.56 Å². The summed E-state index contributed by atoms with van der Waals surface area (Å²) in [7, 11) is -3.44. The van der Waals surface area contributed by atoms with E-state index >= 15 is 0 Å². The molecule has 0 saturated heterocycles. The second kappa shape index (κ2) is 4.56. The molecule has 82 valence electrons. The van der Waals surface area contributed by atoms with E-state index in [9.17, 15) is 9.46 Å². The highest BCUT2D eigenvalue weighted by Crippen LogP contribution is 2.41. The summed E-state index contributed by atoms with van der Waals surface area (Å²) in [4.78, 5) is 17.6. The predicted octanol–water partition coefficient (Wildman–Crippen LogP) is 1.57. The maximum atomic E-state index is 12.0. The third-order valence-electron chi connectivity index (χ3n) is 2.15. The van der Waals surface area contributed by atoms with Gasteiger partial charge >= 0.3 is 0 Å². The molecular weight excluding hydrogens is 223 g/mol. The molecule has 1 unspecified atom stereocenters. The molecule has 0 spiro atoms. The molecule has 1 atom stereocenters. The third-order valence-corrected chi connectivity index (χ3v) is 3.89. The van der Waals surface area contributed by atoms with Crippen molar-refractivity contribution in [3.63, 3.8) is 0 Å². The van der Waals surface area contributed by atoms with Gasteiger partial charge in [0.25, 0.3) is 7.37 Å². The number of hydrogen-bond donors (Lipinski definition) is 1. The van der Waals surface area contributed by atoms with Gasteiger partial charge in [0.05, 0.1) is 12.4 Å². The van der Waals surface area contributed by atoms with Gasteiger partial charge in [0.1, 0.15) is 5.44 Å². The lowest BCUT2D eigenvalue weighted by Gasteiger charge is -2.09. The van der Waals surface area contributed by atoms with Crippen molar-refractivity contribution in [2.75, 3.05) is 0 Å². The van der Waals surface area contributed by atoms with Crippen molar-refractivity contribution in [1.82, 2.24) is 9.97 Å². The lowest BCUT2D eigenvalue weighted by Crippen LogP contribution is -2.10. The van der Waals surface area contributed by atoms with E-state index < -0.39 is 7.37 Å². The topological polar surface area (TPSA) is 63.1 Å². The fourth-order valence-electron chi connectivity index (χ4n) is 1.38. The molecule has 2 rings (SSSR count). The SMILES string of the molecule is O=P(O)(Cc1ccccc1)c1cnccn1. The first-order chi connectivity index (χ1) is 7.68. The molecule has 0 saturated carbocycles. The van der Waals surface area contributed by atoms with E-state index in [-0.39, 0.29) is 11.6 Å². The zero-order valence-corrected chi connectivity index (χ0v) is 9.42. The van der Waals surface area contributed by atoms with Crippen LogP contribution in [0.5, 0.6) is 0 Å². The second-order valence-electron chi connectivity index (χ2n) is 3.41. The van der Waals surface area contributed by atoms with E-state index in [2.05, 4.69) is 9.97 Å². The summed E-state index contributed by atoms with van der Waals surface area (Å²) in [6, 6.07) is 9.19. The first kappa shape index (κ1) is 11.0. The van der Waals surface area contributed by atoms with Crippen molar-refractivity contribution >= 4 is 12.8 Å². The zero-order valence-electron chi connectivity index (χ0n) is 8.52. The van der Waals surface area contributed by atoms with Gasteiger partial charge in [-0.05, 0) is 5.56 Å². The van der Waals surface area contributed by atoms with Crippen LogP contribution >= 0.6 is 7.37 Å². The monoisotopic (exact) mass is 234 g/mol. The summed E-state index contributed by atoms with van der Waals surface area (Å²) >= 11 is 0. The van der Waals surface area contributed by atoms with Crippen LogP contribution in [0.15, 0.2) is 48.9 Å². The second-order valence-corrected chi connectivity index (χ2v) is 5.59. The Kier molecular flexibility index (Phi) is 3.13. The van der Waals surface area contributed by atoms with Crippen molar-refractivity contribution < 1.29 is 9.46 Å². The molecule has 1 aromatic carbocycles. The maximum Gasteiger partial charge on any atom is 0.253 e. The van der Waals surface area contributed by atoms with Gasteiger partial charge in [0, 0.05) is 12.4 Å². The Labute approximate surface area is 93.5 Å². The van der Waals surface area contributed by atoms with Crippen molar-refractivity contribution in [3.05, 3.63) is 54.5 Å². The Balaban J connectivity index is 2.25. The Bertz CT molecular complexity index is 502. The summed E-state index contributed by atoms with van der Waals surface area (Å²) in [5.74, 6) is 0. The molecule has 1 heterocycles. The van der Waals surface area contributed by atoms with E-state index in [1.165, 1.54) is 18.6 Å². The van der Waals surface area contributed by atoms with Gasteiger partial charge in [-0.1, -0.05) is 30.3 Å². The summed E-state index contributed by atoms with van der Waals surface area (Å²) in [6.45, 7) is 0. The fourth-order valence-corrected chi connectivity index (χ4v) is 2.75. The summed E-state index contributed by atoms with van der Waals surface area (Å²) in [5.41, 5.74) is 0.970. The predicted molar refractivity (Wildman–Crippen MR) is 61.6 cm³/mol. The van der Waals surface area contributed by atoms with Gasteiger partial charge in [-0.15, -0.1) is 0 Å². The van der Waals surface area contributed by atoms with Crippen molar-refractivity contribution in [2.45, 2.75) is 6.16 Å². The molecule has 4 nitrogen and oxygen atoms in total. The van der Waals surface area contributed by atoms with Gasteiger partial charge < -0.3 is 4.89 Å². The minimum absolute atomic E-state index is 0.0898. The minimum atomic E-state index is -3.44. The molecule has 1 aromatic heterocycles. The summed E-state index contributed by atoms with van der Waals surface area (Å²) in [6.07, 6.45) is 4.32. The quantitative estimate of drug-likeness (QED) is 0.819. The lowest BCUT2D eigenvalue weighted by molar-refractivity contribution is 0.487. The number of rotatable bonds is 3. The molecule has 0 radical (unpaired) electrons. The minimum Gasteiger partial charge on any atom is -0.340 e. The highest BCUT2D eigenvalue weighted by Gasteiger charge is 2.23. The Morgan fingerprint density at radius 3 is 2.56 bits per heavy atom. The molecule has 5 heteroatoms. The van der Waals surface area contributed by atoms with Crippen LogP contribution in [0.2, 0.25) is 0 Å². The van der Waals surface area contributed by atoms with Crippen LogP contribution in [0, 0.1) is 0 Å². The van der Waals surface area contributed by atoms with Crippen LogP contribution in [-0.4, -0.2) is 14.9 Å². The number of nitrogens with zero attached hydrogens (tertiary/aromatic N) is 2. The molecule has 0 fully saturated rings. The number of hydrogen-bond acceptors (Lipinski definition) is 3. The van der Waals surface area contributed by atoms with Gasteiger partial charge in [0.2, 0.25) is 0 Å². The molecule has 0 bridgehead atoms. The van der Waals surface area contributed by atoms with E-state index in [0.29, 0.717) is 0 Å². The van der Waals surface area contributed by atoms with Crippen LogP contribution < -0.4 is 5.44 Å². The summed E-state index contributed by atoms with van der Waals surface area (Å²) in [5, 5.41) is 0. The Morgan fingerprint density at radius 1 is 1.19 bits per heavy atom. The standard InChI is InChI=1S/C11H11N2O2P/c14-16(15,11-8-12-6-7-13-11)9-10-4-2-1-3-5-10/h1-8H,9H2,(H,14,15). The van der Waals surface area contributed by atoms with Crippen LogP contribution in [0.4, 0.5) is 0 Å². The smallest absolute Gasteiger partial charge is 0.253 e. The molecule has 2 aromatic rings. The largest absolute Gasteiger partial charge is 0.340 e. The van der Waals surface area contributed by atoms with E-state index in [1.807, 2.05) is 30.3 Å². The lowest BCUT2D eigenvalue weighted by atomic mass is 10.2. The highest BCUT2D eigenvalue weighted by molar-refractivity contribution is 7.65. The van der Waals surface area contributed by atoms with Crippen LogP contribution in [-0.2, 0) is 10.7 Å². The van der Waals surface area contributed by atoms with Crippen LogP contribution in [0.3, 0.4) is 0 Å². The van der Waals surface area contributed by atoms with Crippen LogP contribution in [0.25, 0.3) is 0 Å².